The summed E-state index contributed by atoms with van der Waals surface area (Å²) in [6, 6.07) is 10.4. The van der Waals surface area contributed by atoms with E-state index in [1.165, 1.54) is 57.2 Å². The zero-order valence-electron chi connectivity index (χ0n) is 14.1. The van der Waals surface area contributed by atoms with Gasteiger partial charge in [0.25, 0.3) is 0 Å². The van der Waals surface area contributed by atoms with Gasteiger partial charge in [0, 0.05) is 12.6 Å². The van der Waals surface area contributed by atoms with E-state index >= 15 is 0 Å². The summed E-state index contributed by atoms with van der Waals surface area (Å²) in [5.41, 5.74) is 1.52. The molecular weight excluding hydrogens is 270 g/mol. The molecule has 1 unspecified atom stereocenters. The predicted molar refractivity (Wildman–Crippen MR) is 94.8 cm³/mol. The van der Waals surface area contributed by atoms with Gasteiger partial charge in [0.15, 0.2) is 0 Å². The number of rotatable bonds is 4. The highest BCUT2D eigenvalue weighted by molar-refractivity contribution is 6.88. The highest BCUT2D eigenvalue weighted by Crippen LogP contribution is 2.35. The molecule has 1 saturated heterocycles. The van der Waals surface area contributed by atoms with Gasteiger partial charge in [0.2, 0.25) is 0 Å². The molecule has 1 aromatic carbocycles. The van der Waals surface area contributed by atoms with Gasteiger partial charge < -0.3 is 0 Å². The summed E-state index contributed by atoms with van der Waals surface area (Å²) in [4.78, 5) is 2.78. The average Bonchev–Trinajstić information content (AvgIpc) is 3.08. The molecule has 3 rings (SSSR count). The Morgan fingerprint density at radius 2 is 1.62 bits per heavy atom. The topological polar surface area (TPSA) is 3.24 Å². The van der Waals surface area contributed by atoms with Crippen molar-refractivity contribution in [3.8, 4) is 0 Å². The fraction of sp³-hybridized carbons (Fsp3) is 0.684. The van der Waals surface area contributed by atoms with Crippen LogP contribution in [0.1, 0.15) is 44.1 Å². The molecule has 21 heavy (non-hydrogen) atoms. The van der Waals surface area contributed by atoms with E-state index in [4.69, 9.17) is 0 Å². The van der Waals surface area contributed by atoms with Crippen LogP contribution in [-0.4, -0.2) is 25.6 Å². The van der Waals surface area contributed by atoms with Crippen LogP contribution in [0.15, 0.2) is 24.3 Å². The van der Waals surface area contributed by atoms with E-state index in [0.29, 0.717) is 0 Å². The van der Waals surface area contributed by atoms with Crippen molar-refractivity contribution in [2.75, 3.05) is 6.54 Å². The molecule has 0 aromatic heterocycles. The summed E-state index contributed by atoms with van der Waals surface area (Å²) in [7, 11) is -1.15. The second-order valence-electron chi connectivity index (χ2n) is 8.17. The minimum atomic E-state index is -1.15. The molecule has 1 aliphatic carbocycles. The largest absolute Gasteiger partial charge is 0.296 e. The minimum Gasteiger partial charge on any atom is -0.296 e. The molecule has 116 valence electrons. The lowest BCUT2D eigenvalue weighted by Crippen LogP contribution is -2.37. The molecule has 1 aromatic rings. The standard InChI is InChI=1S/C19H31NSi/c1-21(2,3)18-12-10-16(11-13-18)15-20-14-6-9-19(20)17-7-4-5-8-17/h10-13,17,19H,4-9,14-15H2,1-3H3. The SMILES string of the molecule is C[Si](C)(C)c1ccc(CN2CCCC2C2CCCC2)cc1. The summed E-state index contributed by atoms with van der Waals surface area (Å²) in [5.74, 6) is 0.994. The molecule has 1 atom stereocenters. The van der Waals surface area contributed by atoms with Gasteiger partial charge in [-0.05, 0) is 43.7 Å². The van der Waals surface area contributed by atoms with Crippen molar-refractivity contribution in [1.82, 2.24) is 4.90 Å². The molecule has 2 fully saturated rings. The first-order valence-electron chi connectivity index (χ1n) is 8.87. The van der Waals surface area contributed by atoms with Crippen molar-refractivity contribution in [3.63, 3.8) is 0 Å². The lowest BCUT2D eigenvalue weighted by molar-refractivity contribution is 0.183. The van der Waals surface area contributed by atoms with Crippen molar-refractivity contribution in [2.45, 2.75) is 70.8 Å². The van der Waals surface area contributed by atoms with E-state index in [-0.39, 0.29) is 0 Å². The maximum Gasteiger partial charge on any atom is 0.0775 e. The summed E-state index contributed by atoms with van der Waals surface area (Å²) < 4.78 is 0. The van der Waals surface area contributed by atoms with Gasteiger partial charge in [0.1, 0.15) is 0 Å². The van der Waals surface area contributed by atoms with E-state index in [1.807, 2.05) is 0 Å². The van der Waals surface area contributed by atoms with Gasteiger partial charge in [-0.15, -0.1) is 0 Å². The Hall–Kier alpha value is -0.603. The van der Waals surface area contributed by atoms with Crippen LogP contribution in [0.2, 0.25) is 19.6 Å². The van der Waals surface area contributed by atoms with E-state index in [2.05, 4.69) is 48.8 Å². The molecule has 1 saturated carbocycles. The second kappa shape index (κ2) is 6.25. The highest BCUT2D eigenvalue weighted by atomic mass is 28.3. The van der Waals surface area contributed by atoms with Crippen LogP contribution in [0.5, 0.6) is 0 Å². The predicted octanol–water partition coefficient (Wildman–Crippen LogP) is 4.39. The summed E-state index contributed by atoms with van der Waals surface area (Å²) in [6.07, 6.45) is 8.76. The molecule has 0 N–H and O–H groups in total. The van der Waals surface area contributed by atoms with Gasteiger partial charge >= 0.3 is 0 Å². The fourth-order valence-electron chi connectivity index (χ4n) is 4.27. The minimum absolute atomic E-state index is 0.879. The van der Waals surface area contributed by atoms with E-state index in [9.17, 15) is 0 Å². The average molecular weight is 302 g/mol. The van der Waals surface area contributed by atoms with Crippen molar-refractivity contribution >= 4 is 13.3 Å². The number of nitrogens with zero attached hydrogens (tertiary/aromatic N) is 1. The monoisotopic (exact) mass is 301 g/mol. The van der Waals surface area contributed by atoms with Crippen LogP contribution in [0.25, 0.3) is 0 Å². The quantitative estimate of drug-likeness (QED) is 0.746. The zero-order chi connectivity index (χ0) is 14.9. The van der Waals surface area contributed by atoms with Gasteiger partial charge in [-0.1, -0.05) is 61.9 Å². The molecule has 1 nitrogen and oxygen atoms in total. The third-order valence-electron chi connectivity index (χ3n) is 5.56. The lowest BCUT2D eigenvalue weighted by atomic mass is 9.96. The second-order valence-corrected chi connectivity index (χ2v) is 13.2. The summed E-state index contributed by atoms with van der Waals surface area (Å²) in [5, 5.41) is 1.58. The van der Waals surface area contributed by atoms with Crippen LogP contribution in [0.3, 0.4) is 0 Å². The van der Waals surface area contributed by atoms with Crippen LogP contribution in [0.4, 0.5) is 0 Å². The summed E-state index contributed by atoms with van der Waals surface area (Å²) in [6.45, 7) is 9.78. The molecular formula is C19H31NSi. The van der Waals surface area contributed by atoms with Crippen LogP contribution >= 0.6 is 0 Å². The maximum atomic E-state index is 2.78. The number of benzene rings is 1. The summed E-state index contributed by atoms with van der Waals surface area (Å²) >= 11 is 0. The third-order valence-corrected chi connectivity index (χ3v) is 7.63. The molecule has 0 radical (unpaired) electrons. The molecule has 2 heteroatoms. The first-order valence-corrected chi connectivity index (χ1v) is 12.4. The number of likely N-dealkylation sites (tertiary alicyclic amines) is 1. The molecule has 0 spiro atoms. The Labute approximate surface area is 131 Å². The Kier molecular flexibility index (Phi) is 4.56. The van der Waals surface area contributed by atoms with E-state index < -0.39 is 8.07 Å². The molecule has 2 aliphatic rings. The molecule has 1 aliphatic heterocycles. The maximum absolute atomic E-state index is 2.78. The molecule has 0 bridgehead atoms. The Balaban J connectivity index is 1.65. The lowest BCUT2D eigenvalue weighted by Gasteiger charge is -2.29. The van der Waals surface area contributed by atoms with Crippen LogP contribution < -0.4 is 5.19 Å². The molecule has 1 heterocycles. The van der Waals surface area contributed by atoms with Crippen molar-refractivity contribution in [3.05, 3.63) is 29.8 Å². The Bertz CT molecular complexity index is 453. The van der Waals surface area contributed by atoms with Gasteiger partial charge in [-0.3, -0.25) is 4.90 Å². The van der Waals surface area contributed by atoms with E-state index in [1.54, 1.807) is 5.19 Å². The van der Waals surface area contributed by atoms with Crippen LogP contribution in [0, 0.1) is 5.92 Å². The highest BCUT2D eigenvalue weighted by Gasteiger charge is 2.33. The van der Waals surface area contributed by atoms with Gasteiger partial charge in [-0.25, -0.2) is 0 Å². The van der Waals surface area contributed by atoms with Gasteiger partial charge in [-0.2, -0.15) is 0 Å². The molecule has 0 amide bonds. The Morgan fingerprint density at radius 1 is 0.952 bits per heavy atom. The number of hydrogen-bond donors (Lipinski definition) is 0. The normalized spacial score (nSPS) is 24.8. The van der Waals surface area contributed by atoms with E-state index in [0.717, 1.165) is 12.0 Å². The van der Waals surface area contributed by atoms with Crippen molar-refractivity contribution in [2.24, 2.45) is 5.92 Å². The van der Waals surface area contributed by atoms with Crippen LogP contribution in [-0.2, 0) is 6.54 Å². The smallest absolute Gasteiger partial charge is 0.0775 e. The van der Waals surface area contributed by atoms with Crippen molar-refractivity contribution in [1.29, 1.82) is 0 Å². The van der Waals surface area contributed by atoms with Gasteiger partial charge in [0.05, 0.1) is 8.07 Å². The first-order chi connectivity index (χ1) is 10.0. The Morgan fingerprint density at radius 3 is 2.24 bits per heavy atom. The first kappa shape index (κ1) is 15.3. The fourth-order valence-corrected chi connectivity index (χ4v) is 5.44. The van der Waals surface area contributed by atoms with Crippen molar-refractivity contribution < 1.29 is 0 Å². The number of hydrogen-bond acceptors (Lipinski definition) is 1. The zero-order valence-corrected chi connectivity index (χ0v) is 15.1. The third kappa shape index (κ3) is 3.60.